The summed E-state index contributed by atoms with van der Waals surface area (Å²) in [4.78, 5) is 11.8. The first-order valence-electron chi connectivity index (χ1n) is 6.54. The summed E-state index contributed by atoms with van der Waals surface area (Å²) in [5.41, 5.74) is 0.781. The summed E-state index contributed by atoms with van der Waals surface area (Å²) in [6, 6.07) is 0. The molecule has 0 fully saturated rings. The number of ketones is 1. The average Bonchev–Trinajstić information content (AvgIpc) is 2.64. The van der Waals surface area contributed by atoms with Crippen molar-refractivity contribution in [3.63, 3.8) is 0 Å². The van der Waals surface area contributed by atoms with E-state index in [1.54, 1.807) is 0 Å². The van der Waals surface area contributed by atoms with E-state index in [0.29, 0.717) is 12.2 Å². The van der Waals surface area contributed by atoms with E-state index >= 15 is 0 Å². The van der Waals surface area contributed by atoms with Gasteiger partial charge >= 0.3 is 0 Å². The molecule has 1 rings (SSSR count). The summed E-state index contributed by atoms with van der Waals surface area (Å²) < 4.78 is 1.83. The molecule has 0 N–H and O–H groups in total. The van der Waals surface area contributed by atoms with Crippen molar-refractivity contribution in [3.8, 4) is 0 Å². The van der Waals surface area contributed by atoms with Gasteiger partial charge in [0.25, 0.3) is 0 Å². The quantitative estimate of drug-likeness (QED) is 0.826. The first kappa shape index (κ1) is 14.9. The van der Waals surface area contributed by atoms with Crippen LogP contribution in [0.1, 0.15) is 60.1 Å². The second-order valence-electron chi connectivity index (χ2n) is 6.89. The summed E-state index contributed by atoms with van der Waals surface area (Å²) in [6.07, 6.45) is 3.40. The molecular formula is C14H25N3O. The van der Waals surface area contributed by atoms with Crippen molar-refractivity contribution in [1.82, 2.24) is 15.0 Å². The van der Waals surface area contributed by atoms with Crippen molar-refractivity contribution < 1.29 is 4.79 Å². The van der Waals surface area contributed by atoms with Crippen LogP contribution in [0.2, 0.25) is 0 Å². The van der Waals surface area contributed by atoms with Gasteiger partial charge in [-0.05, 0) is 6.42 Å². The molecule has 4 heteroatoms. The fourth-order valence-corrected chi connectivity index (χ4v) is 1.53. The van der Waals surface area contributed by atoms with Gasteiger partial charge in [0.15, 0.2) is 0 Å². The monoisotopic (exact) mass is 251 g/mol. The molecule has 0 amide bonds. The van der Waals surface area contributed by atoms with Crippen LogP contribution < -0.4 is 0 Å². The van der Waals surface area contributed by atoms with Crippen molar-refractivity contribution in [1.29, 1.82) is 0 Å². The number of aromatic nitrogens is 3. The minimum Gasteiger partial charge on any atom is -0.299 e. The highest BCUT2D eigenvalue weighted by Crippen LogP contribution is 2.20. The molecule has 0 unspecified atom stereocenters. The maximum atomic E-state index is 11.8. The number of hydrogen-bond acceptors (Lipinski definition) is 3. The molecule has 0 radical (unpaired) electrons. The molecule has 1 heterocycles. The smallest absolute Gasteiger partial charge is 0.138 e. The third-order valence-electron chi connectivity index (χ3n) is 2.93. The molecule has 102 valence electrons. The highest BCUT2D eigenvalue weighted by Gasteiger charge is 2.21. The second-order valence-corrected chi connectivity index (χ2v) is 6.89. The van der Waals surface area contributed by atoms with Gasteiger partial charge < -0.3 is 0 Å². The van der Waals surface area contributed by atoms with Gasteiger partial charge in [-0.2, -0.15) is 0 Å². The van der Waals surface area contributed by atoms with E-state index in [1.807, 2.05) is 31.6 Å². The molecule has 0 aliphatic heterocycles. The normalized spacial score (nSPS) is 12.8. The number of aryl methyl sites for hydroxylation is 1. The standard InChI is InChI=1S/C14H25N3O/c1-13(2,3)11-10-17(16-15-11)9-7-8-12(18)14(4,5)6/h10H,7-9H2,1-6H3. The Balaban J connectivity index is 2.46. The van der Waals surface area contributed by atoms with Crippen LogP contribution in [-0.2, 0) is 16.8 Å². The molecule has 1 aromatic rings. The maximum Gasteiger partial charge on any atom is 0.138 e. The zero-order valence-corrected chi connectivity index (χ0v) is 12.4. The Labute approximate surface area is 110 Å². The number of carbonyl (C=O) groups excluding carboxylic acids is 1. The molecule has 1 aromatic heterocycles. The Bertz CT molecular complexity index is 407. The Morgan fingerprint density at radius 2 is 1.83 bits per heavy atom. The van der Waals surface area contributed by atoms with Crippen molar-refractivity contribution >= 4 is 5.78 Å². The molecule has 18 heavy (non-hydrogen) atoms. The number of rotatable bonds is 4. The van der Waals surface area contributed by atoms with E-state index in [0.717, 1.165) is 18.7 Å². The maximum absolute atomic E-state index is 11.8. The van der Waals surface area contributed by atoms with Crippen LogP contribution in [0, 0.1) is 5.41 Å². The molecule has 0 atom stereocenters. The van der Waals surface area contributed by atoms with Crippen LogP contribution in [0.25, 0.3) is 0 Å². The van der Waals surface area contributed by atoms with E-state index in [2.05, 4.69) is 31.1 Å². The fourth-order valence-electron chi connectivity index (χ4n) is 1.53. The van der Waals surface area contributed by atoms with Crippen LogP contribution in [-0.4, -0.2) is 20.8 Å². The molecule has 0 aromatic carbocycles. The lowest BCUT2D eigenvalue weighted by Crippen LogP contribution is -2.20. The number of carbonyl (C=O) groups is 1. The highest BCUT2D eigenvalue weighted by molar-refractivity contribution is 5.83. The van der Waals surface area contributed by atoms with Gasteiger partial charge in [0.1, 0.15) is 5.78 Å². The molecule has 4 nitrogen and oxygen atoms in total. The number of nitrogens with zero attached hydrogens (tertiary/aromatic N) is 3. The predicted molar refractivity (Wildman–Crippen MR) is 72.4 cm³/mol. The van der Waals surface area contributed by atoms with Crippen molar-refractivity contribution in [3.05, 3.63) is 11.9 Å². The van der Waals surface area contributed by atoms with Gasteiger partial charge in [-0.1, -0.05) is 46.8 Å². The van der Waals surface area contributed by atoms with Gasteiger partial charge in [-0.25, -0.2) is 0 Å². The Hall–Kier alpha value is -1.19. The van der Waals surface area contributed by atoms with E-state index < -0.39 is 0 Å². The highest BCUT2D eigenvalue weighted by atomic mass is 16.1. The second kappa shape index (κ2) is 5.21. The third kappa shape index (κ3) is 4.24. The third-order valence-corrected chi connectivity index (χ3v) is 2.93. The van der Waals surface area contributed by atoms with E-state index in [-0.39, 0.29) is 10.8 Å². The number of hydrogen-bond donors (Lipinski definition) is 0. The minimum atomic E-state index is -0.237. The summed E-state index contributed by atoms with van der Waals surface area (Å²) in [6.45, 7) is 13.0. The Morgan fingerprint density at radius 1 is 1.22 bits per heavy atom. The van der Waals surface area contributed by atoms with Crippen LogP contribution in [0.5, 0.6) is 0 Å². The average molecular weight is 251 g/mol. The summed E-state index contributed by atoms with van der Waals surface area (Å²) >= 11 is 0. The molecule has 0 saturated carbocycles. The SMILES string of the molecule is CC(C)(C)C(=O)CCCn1cc(C(C)(C)C)nn1. The first-order valence-corrected chi connectivity index (χ1v) is 6.54. The van der Waals surface area contributed by atoms with Crippen LogP contribution in [0.15, 0.2) is 6.20 Å². The molecule has 0 saturated heterocycles. The zero-order chi connectivity index (χ0) is 14.0. The molecule has 0 aliphatic rings. The number of Topliss-reactive ketones (excluding diaryl/α,β-unsaturated/α-hetero) is 1. The lowest BCUT2D eigenvalue weighted by atomic mass is 9.88. The molecule has 0 bridgehead atoms. The summed E-state index contributed by atoms with van der Waals surface area (Å²) in [5, 5.41) is 8.26. The fraction of sp³-hybridized carbons (Fsp3) is 0.786. The van der Waals surface area contributed by atoms with Gasteiger partial charge in [-0.3, -0.25) is 9.48 Å². The van der Waals surface area contributed by atoms with E-state index in [9.17, 15) is 4.79 Å². The Kier molecular flexibility index (Phi) is 4.30. The largest absolute Gasteiger partial charge is 0.299 e. The van der Waals surface area contributed by atoms with Crippen molar-refractivity contribution in [2.24, 2.45) is 5.41 Å². The van der Waals surface area contributed by atoms with Crippen molar-refractivity contribution in [2.75, 3.05) is 0 Å². The molecule has 0 spiro atoms. The van der Waals surface area contributed by atoms with E-state index in [1.165, 1.54) is 0 Å². The minimum absolute atomic E-state index is 0.0273. The lowest BCUT2D eigenvalue weighted by molar-refractivity contribution is -0.126. The van der Waals surface area contributed by atoms with Crippen molar-refractivity contribution in [2.45, 2.75) is 66.3 Å². The summed E-state index contributed by atoms with van der Waals surface area (Å²) in [7, 11) is 0. The summed E-state index contributed by atoms with van der Waals surface area (Å²) in [5.74, 6) is 0.304. The lowest BCUT2D eigenvalue weighted by Gasteiger charge is -2.16. The van der Waals surface area contributed by atoms with Gasteiger partial charge in [0.05, 0.1) is 5.69 Å². The van der Waals surface area contributed by atoms with Gasteiger partial charge in [0, 0.05) is 30.0 Å². The molecule has 0 aliphatic carbocycles. The van der Waals surface area contributed by atoms with Crippen LogP contribution >= 0.6 is 0 Å². The van der Waals surface area contributed by atoms with Crippen LogP contribution in [0.3, 0.4) is 0 Å². The van der Waals surface area contributed by atoms with E-state index in [4.69, 9.17) is 0 Å². The molecular weight excluding hydrogens is 226 g/mol. The van der Waals surface area contributed by atoms with Gasteiger partial charge in [-0.15, -0.1) is 5.10 Å². The zero-order valence-electron chi connectivity index (χ0n) is 12.4. The predicted octanol–water partition coefficient (Wildman–Crippen LogP) is 2.97. The topological polar surface area (TPSA) is 47.8 Å². The first-order chi connectivity index (χ1) is 8.10. The van der Waals surface area contributed by atoms with Gasteiger partial charge in [0.2, 0.25) is 0 Å². The Morgan fingerprint density at radius 3 is 2.28 bits per heavy atom. The van der Waals surface area contributed by atoms with Crippen LogP contribution in [0.4, 0.5) is 0 Å².